The van der Waals surface area contributed by atoms with Crippen LogP contribution in [0, 0.1) is 6.92 Å². The third-order valence-electron chi connectivity index (χ3n) is 6.65. The van der Waals surface area contributed by atoms with Crippen LogP contribution < -0.4 is 9.62 Å². The summed E-state index contributed by atoms with van der Waals surface area (Å²) in [6.45, 7) is 3.40. The summed E-state index contributed by atoms with van der Waals surface area (Å²) in [4.78, 5) is 28.7. The number of aryl methyl sites for hydroxylation is 1. The highest BCUT2D eigenvalue weighted by Crippen LogP contribution is 2.27. The zero-order valence-corrected chi connectivity index (χ0v) is 22.8. The number of hydrogen-bond donors (Lipinski definition) is 1. The number of anilines is 1. The number of amides is 2. The van der Waals surface area contributed by atoms with Crippen molar-refractivity contribution in [1.82, 2.24) is 10.2 Å². The number of rotatable bonds is 10. The fourth-order valence-electron chi connectivity index (χ4n) is 4.69. The zero-order valence-electron chi connectivity index (χ0n) is 21.2. The van der Waals surface area contributed by atoms with Crippen LogP contribution in [0.5, 0.6) is 0 Å². The summed E-state index contributed by atoms with van der Waals surface area (Å²) in [5.74, 6) is -0.646. The van der Waals surface area contributed by atoms with E-state index in [0.29, 0.717) is 22.7 Å². The molecule has 1 N–H and O–H groups in total. The van der Waals surface area contributed by atoms with Gasteiger partial charge in [0.25, 0.3) is 0 Å². The highest BCUT2D eigenvalue weighted by Gasteiger charge is 2.33. The van der Waals surface area contributed by atoms with Gasteiger partial charge in [-0.15, -0.1) is 0 Å². The van der Waals surface area contributed by atoms with Crippen LogP contribution in [0.2, 0.25) is 5.02 Å². The average molecular weight is 534 g/mol. The van der Waals surface area contributed by atoms with Crippen molar-refractivity contribution in [2.45, 2.75) is 71.0 Å². The van der Waals surface area contributed by atoms with Crippen molar-refractivity contribution in [3.8, 4) is 0 Å². The van der Waals surface area contributed by atoms with Crippen molar-refractivity contribution in [2.24, 2.45) is 0 Å². The van der Waals surface area contributed by atoms with Crippen molar-refractivity contribution in [3.05, 3.63) is 64.7 Å². The molecule has 1 saturated carbocycles. The van der Waals surface area contributed by atoms with Gasteiger partial charge in [0.1, 0.15) is 12.6 Å². The fraction of sp³-hybridized carbons (Fsp3) is 0.481. The predicted molar refractivity (Wildman–Crippen MR) is 144 cm³/mol. The van der Waals surface area contributed by atoms with Gasteiger partial charge >= 0.3 is 0 Å². The van der Waals surface area contributed by atoms with Crippen LogP contribution in [0.25, 0.3) is 0 Å². The number of carbonyl (C=O) groups is 2. The molecule has 1 aliphatic rings. The van der Waals surface area contributed by atoms with E-state index in [2.05, 4.69) is 5.32 Å². The van der Waals surface area contributed by atoms with E-state index in [1.165, 1.54) is 11.3 Å². The van der Waals surface area contributed by atoms with E-state index in [4.69, 9.17) is 11.6 Å². The Kier molecular flexibility index (Phi) is 9.79. The molecule has 36 heavy (non-hydrogen) atoms. The number of nitrogens with zero attached hydrogens (tertiary/aromatic N) is 2. The molecule has 196 valence electrons. The Labute approximate surface area is 219 Å². The van der Waals surface area contributed by atoms with Gasteiger partial charge in [0.05, 0.1) is 11.9 Å². The molecule has 9 heteroatoms. The molecule has 1 atom stereocenters. The van der Waals surface area contributed by atoms with Gasteiger partial charge in [-0.3, -0.25) is 13.9 Å². The van der Waals surface area contributed by atoms with E-state index in [1.807, 2.05) is 37.3 Å². The van der Waals surface area contributed by atoms with Gasteiger partial charge in [-0.05, 0) is 49.4 Å². The second-order valence-corrected chi connectivity index (χ2v) is 11.8. The molecule has 0 saturated heterocycles. The Bertz CT molecular complexity index is 1150. The summed E-state index contributed by atoms with van der Waals surface area (Å²) in [7, 11) is -3.81. The SMILES string of the molecule is CC[C@@H](C(=O)NC1CCCCC1)N(Cc1ccccc1)C(=O)CN(c1cc(Cl)ccc1C)S(C)(=O)=O. The molecule has 2 aromatic rings. The van der Waals surface area contributed by atoms with Crippen LogP contribution >= 0.6 is 11.6 Å². The molecule has 0 unspecified atom stereocenters. The number of carbonyl (C=O) groups excluding carboxylic acids is 2. The largest absolute Gasteiger partial charge is 0.352 e. The molecule has 0 spiro atoms. The first-order valence-corrected chi connectivity index (χ1v) is 14.7. The van der Waals surface area contributed by atoms with Crippen LogP contribution in [0.3, 0.4) is 0 Å². The lowest BCUT2D eigenvalue weighted by Crippen LogP contribution is -2.54. The maximum absolute atomic E-state index is 13.8. The lowest BCUT2D eigenvalue weighted by molar-refractivity contribution is -0.140. The Morgan fingerprint density at radius 2 is 1.75 bits per heavy atom. The summed E-state index contributed by atoms with van der Waals surface area (Å²) < 4.78 is 26.6. The number of benzene rings is 2. The molecule has 2 aromatic carbocycles. The quantitative estimate of drug-likeness (QED) is 0.481. The smallest absolute Gasteiger partial charge is 0.244 e. The Morgan fingerprint density at radius 1 is 1.08 bits per heavy atom. The molecule has 7 nitrogen and oxygen atoms in total. The molecular weight excluding hydrogens is 498 g/mol. The summed E-state index contributed by atoms with van der Waals surface area (Å²) in [5.41, 5.74) is 1.88. The Balaban J connectivity index is 1.92. The third-order valence-corrected chi connectivity index (χ3v) is 8.01. The Hall–Kier alpha value is -2.58. The van der Waals surface area contributed by atoms with Gasteiger partial charge in [-0.25, -0.2) is 8.42 Å². The molecular formula is C27H36ClN3O4S. The Morgan fingerprint density at radius 3 is 2.36 bits per heavy atom. The summed E-state index contributed by atoms with van der Waals surface area (Å²) in [5, 5.41) is 3.51. The number of hydrogen-bond acceptors (Lipinski definition) is 4. The molecule has 3 rings (SSSR count). The number of sulfonamides is 1. The number of halogens is 1. The van der Waals surface area contributed by atoms with Crippen LogP contribution in [-0.4, -0.2) is 50.0 Å². The van der Waals surface area contributed by atoms with Gasteiger partial charge in [-0.2, -0.15) is 0 Å². The van der Waals surface area contributed by atoms with Crippen molar-refractivity contribution in [1.29, 1.82) is 0 Å². The van der Waals surface area contributed by atoms with Gasteiger partial charge in [0, 0.05) is 17.6 Å². The van der Waals surface area contributed by atoms with Crippen molar-refractivity contribution < 1.29 is 18.0 Å². The molecule has 0 bridgehead atoms. The van der Waals surface area contributed by atoms with Crippen LogP contribution in [0.4, 0.5) is 5.69 Å². The molecule has 1 aliphatic carbocycles. The van der Waals surface area contributed by atoms with E-state index >= 15 is 0 Å². The predicted octanol–water partition coefficient (Wildman–Crippen LogP) is 4.67. The van der Waals surface area contributed by atoms with Crippen molar-refractivity contribution in [3.63, 3.8) is 0 Å². The van der Waals surface area contributed by atoms with E-state index in [-0.39, 0.29) is 18.5 Å². The van der Waals surface area contributed by atoms with E-state index in [0.717, 1.165) is 41.8 Å². The minimum absolute atomic E-state index is 0.107. The number of nitrogens with one attached hydrogen (secondary N) is 1. The fourth-order valence-corrected chi connectivity index (χ4v) is 5.76. The van der Waals surface area contributed by atoms with Gasteiger partial charge in [0.15, 0.2) is 0 Å². The van der Waals surface area contributed by atoms with Gasteiger partial charge in [0.2, 0.25) is 21.8 Å². The van der Waals surface area contributed by atoms with Gasteiger partial charge < -0.3 is 10.2 Å². The third kappa shape index (κ3) is 7.46. The van der Waals surface area contributed by atoms with E-state index in [9.17, 15) is 18.0 Å². The first-order chi connectivity index (χ1) is 17.1. The minimum atomic E-state index is -3.81. The highest BCUT2D eigenvalue weighted by atomic mass is 35.5. The average Bonchev–Trinajstić information content (AvgIpc) is 2.84. The summed E-state index contributed by atoms with van der Waals surface area (Å²) in [6.07, 6.45) is 6.68. The molecule has 0 radical (unpaired) electrons. The van der Waals surface area contributed by atoms with E-state index < -0.39 is 28.5 Å². The maximum atomic E-state index is 13.8. The second-order valence-electron chi connectivity index (χ2n) is 9.48. The van der Waals surface area contributed by atoms with Crippen LogP contribution in [-0.2, 0) is 26.2 Å². The summed E-state index contributed by atoms with van der Waals surface area (Å²) in [6, 6.07) is 13.7. The van der Waals surface area contributed by atoms with Crippen LogP contribution in [0.1, 0.15) is 56.6 Å². The summed E-state index contributed by atoms with van der Waals surface area (Å²) >= 11 is 6.15. The molecule has 1 fully saturated rings. The topological polar surface area (TPSA) is 86.8 Å². The maximum Gasteiger partial charge on any atom is 0.244 e. The highest BCUT2D eigenvalue weighted by molar-refractivity contribution is 7.92. The zero-order chi connectivity index (χ0) is 26.3. The second kappa shape index (κ2) is 12.6. The van der Waals surface area contributed by atoms with Gasteiger partial charge in [-0.1, -0.05) is 74.2 Å². The van der Waals surface area contributed by atoms with Crippen molar-refractivity contribution >= 4 is 39.1 Å². The van der Waals surface area contributed by atoms with Crippen molar-refractivity contribution in [2.75, 3.05) is 17.1 Å². The van der Waals surface area contributed by atoms with E-state index in [1.54, 1.807) is 25.1 Å². The first kappa shape index (κ1) is 28.0. The first-order valence-electron chi connectivity index (χ1n) is 12.5. The van der Waals surface area contributed by atoms with Crippen LogP contribution in [0.15, 0.2) is 48.5 Å². The molecule has 0 aromatic heterocycles. The minimum Gasteiger partial charge on any atom is -0.352 e. The molecule has 0 heterocycles. The monoisotopic (exact) mass is 533 g/mol. The lowest BCUT2D eigenvalue weighted by atomic mass is 9.95. The standard InChI is InChI=1S/C27H36ClN3O4S/c1-4-24(27(33)29-23-13-9-6-10-14-23)30(18-21-11-7-5-8-12-21)26(32)19-31(36(3,34)35)25-17-22(28)16-15-20(25)2/h5,7-8,11-12,15-17,23-24H,4,6,9-10,13-14,18-19H2,1-3H3,(H,29,33)/t24-/m0/s1. The molecule has 2 amide bonds. The molecule has 0 aliphatic heterocycles. The lowest BCUT2D eigenvalue weighted by Gasteiger charge is -2.34. The normalized spacial score (nSPS) is 15.2.